The number of carbonyl (C=O) groups is 1. The third-order valence-corrected chi connectivity index (χ3v) is 4.63. The first-order chi connectivity index (χ1) is 12.2. The van der Waals surface area contributed by atoms with Crippen molar-refractivity contribution in [3.05, 3.63) is 65.4 Å². The molecule has 0 spiro atoms. The number of hydrogen-bond acceptors (Lipinski definition) is 3. The van der Waals surface area contributed by atoms with E-state index in [9.17, 15) is 4.79 Å². The van der Waals surface area contributed by atoms with Crippen molar-refractivity contribution < 1.29 is 9.53 Å². The molecule has 0 atom stereocenters. The Balaban J connectivity index is 1.33. The highest BCUT2D eigenvalue weighted by atomic mass is 16.5. The number of nitrogens with one attached hydrogen (secondary N) is 2. The molecule has 5 nitrogen and oxygen atoms in total. The molecule has 1 aliphatic heterocycles. The predicted molar refractivity (Wildman–Crippen MR) is 97.3 cm³/mol. The van der Waals surface area contributed by atoms with E-state index < -0.39 is 0 Å². The Hall–Kier alpha value is -2.79. The standard InChI is InChI=1S/C20H21N3O2/c1-25-18-6-7-19-16(9-18)8-17(22-19)10-21-20(24)13-23-11-14-4-2-3-5-15(14)12-23/h2-9,22H,10-13H2,1H3,(H,21,24). The molecule has 4 rings (SSSR count). The van der Waals surface area contributed by atoms with E-state index in [2.05, 4.69) is 27.3 Å². The fraction of sp³-hybridized carbons (Fsp3) is 0.250. The van der Waals surface area contributed by atoms with Crippen molar-refractivity contribution in [1.82, 2.24) is 15.2 Å². The summed E-state index contributed by atoms with van der Waals surface area (Å²) in [5.41, 5.74) is 4.67. The second kappa shape index (κ2) is 6.61. The molecule has 0 saturated carbocycles. The van der Waals surface area contributed by atoms with Gasteiger partial charge in [-0.3, -0.25) is 9.69 Å². The molecule has 0 aliphatic carbocycles. The Morgan fingerprint density at radius 2 is 1.92 bits per heavy atom. The summed E-state index contributed by atoms with van der Waals surface area (Å²) in [6, 6.07) is 16.3. The molecule has 0 bridgehead atoms. The summed E-state index contributed by atoms with van der Waals surface area (Å²) in [7, 11) is 1.66. The predicted octanol–water partition coefficient (Wildman–Crippen LogP) is 2.81. The molecule has 1 amide bonds. The summed E-state index contributed by atoms with van der Waals surface area (Å²) >= 11 is 0. The molecule has 0 radical (unpaired) electrons. The van der Waals surface area contributed by atoms with Crippen molar-refractivity contribution in [2.45, 2.75) is 19.6 Å². The molecule has 0 unspecified atom stereocenters. The van der Waals surface area contributed by atoms with Gasteiger partial charge in [-0.05, 0) is 35.4 Å². The van der Waals surface area contributed by atoms with Gasteiger partial charge in [-0.25, -0.2) is 0 Å². The lowest BCUT2D eigenvalue weighted by Crippen LogP contribution is -2.34. The Morgan fingerprint density at radius 1 is 1.16 bits per heavy atom. The second-order valence-electron chi connectivity index (χ2n) is 6.44. The first-order valence-electron chi connectivity index (χ1n) is 8.43. The lowest BCUT2D eigenvalue weighted by molar-refractivity contribution is -0.122. The van der Waals surface area contributed by atoms with Gasteiger partial charge in [0.25, 0.3) is 0 Å². The van der Waals surface area contributed by atoms with Crippen molar-refractivity contribution in [2.75, 3.05) is 13.7 Å². The van der Waals surface area contributed by atoms with E-state index in [1.54, 1.807) is 7.11 Å². The van der Waals surface area contributed by atoms with Crippen molar-refractivity contribution >= 4 is 16.8 Å². The summed E-state index contributed by atoms with van der Waals surface area (Å²) in [6.45, 7) is 2.60. The zero-order valence-corrected chi connectivity index (χ0v) is 14.2. The van der Waals surface area contributed by atoms with Crippen LogP contribution in [0.5, 0.6) is 5.75 Å². The molecular formula is C20H21N3O2. The first-order valence-corrected chi connectivity index (χ1v) is 8.43. The van der Waals surface area contributed by atoms with E-state index in [-0.39, 0.29) is 5.91 Å². The highest BCUT2D eigenvalue weighted by Gasteiger charge is 2.20. The zero-order valence-electron chi connectivity index (χ0n) is 14.2. The molecule has 1 aliphatic rings. The van der Waals surface area contributed by atoms with E-state index >= 15 is 0 Å². The number of H-pyrrole nitrogens is 1. The molecule has 2 aromatic carbocycles. The molecular weight excluding hydrogens is 314 g/mol. The van der Waals surface area contributed by atoms with Crippen LogP contribution in [-0.2, 0) is 24.4 Å². The van der Waals surface area contributed by atoms with Crippen LogP contribution in [0.15, 0.2) is 48.5 Å². The van der Waals surface area contributed by atoms with E-state index in [4.69, 9.17) is 4.74 Å². The van der Waals surface area contributed by atoms with Gasteiger partial charge in [0.1, 0.15) is 5.75 Å². The minimum atomic E-state index is 0.0454. The highest BCUT2D eigenvalue weighted by Crippen LogP contribution is 2.22. The van der Waals surface area contributed by atoms with Crippen LogP contribution in [0.3, 0.4) is 0 Å². The highest BCUT2D eigenvalue weighted by molar-refractivity contribution is 5.82. The molecule has 128 valence electrons. The fourth-order valence-corrected chi connectivity index (χ4v) is 3.36. The van der Waals surface area contributed by atoms with Gasteiger partial charge in [-0.15, -0.1) is 0 Å². The molecule has 0 saturated heterocycles. The van der Waals surface area contributed by atoms with Gasteiger partial charge in [0.05, 0.1) is 20.2 Å². The summed E-state index contributed by atoms with van der Waals surface area (Å²) in [5.74, 6) is 0.875. The van der Waals surface area contributed by atoms with E-state index in [0.29, 0.717) is 13.1 Å². The topological polar surface area (TPSA) is 57.4 Å². The van der Waals surface area contributed by atoms with Gasteiger partial charge in [0.2, 0.25) is 5.91 Å². The monoisotopic (exact) mass is 335 g/mol. The number of amides is 1. The van der Waals surface area contributed by atoms with Gasteiger partial charge in [0, 0.05) is 29.7 Å². The number of nitrogens with zero attached hydrogens (tertiary/aromatic N) is 1. The summed E-state index contributed by atoms with van der Waals surface area (Å²) in [6.07, 6.45) is 0. The number of fused-ring (bicyclic) bond motifs is 2. The van der Waals surface area contributed by atoms with Crippen LogP contribution in [0.1, 0.15) is 16.8 Å². The van der Waals surface area contributed by atoms with Crippen LogP contribution in [0.4, 0.5) is 0 Å². The minimum Gasteiger partial charge on any atom is -0.497 e. The molecule has 1 aromatic heterocycles. The molecule has 2 heterocycles. The molecule has 0 fully saturated rings. The van der Waals surface area contributed by atoms with Crippen molar-refractivity contribution in [2.24, 2.45) is 0 Å². The van der Waals surface area contributed by atoms with E-state index in [0.717, 1.165) is 35.4 Å². The SMILES string of the molecule is COc1ccc2[nH]c(CNC(=O)CN3Cc4ccccc4C3)cc2c1. The van der Waals surface area contributed by atoms with E-state index in [1.807, 2.05) is 36.4 Å². The largest absolute Gasteiger partial charge is 0.497 e. The summed E-state index contributed by atoms with van der Waals surface area (Å²) in [5, 5.41) is 4.08. The first kappa shape index (κ1) is 15.7. The van der Waals surface area contributed by atoms with Crippen LogP contribution in [0.25, 0.3) is 10.9 Å². The van der Waals surface area contributed by atoms with Crippen LogP contribution in [0.2, 0.25) is 0 Å². The number of methoxy groups -OCH3 is 1. The number of aromatic nitrogens is 1. The van der Waals surface area contributed by atoms with Crippen LogP contribution in [0, 0.1) is 0 Å². The Bertz CT molecular complexity index is 891. The summed E-state index contributed by atoms with van der Waals surface area (Å²) in [4.78, 5) is 17.7. The average molecular weight is 335 g/mol. The third kappa shape index (κ3) is 3.37. The summed E-state index contributed by atoms with van der Waals surface area (Å²) < 4.78 is 5.24. The van der Waals surface area contributed by atoms with Crippen molar-refractivity contribution in [3.8, 4) is 5.75 Å². The van der Waals surface area contributed by atoms with Gasteiger partial charge < -0.3 is 15.0 Å². The minimum absolute atomic E-state index is 0.0454. The van der Waals surface area contributed by atoms with Gasteiger partial charge >= 0.3 is 0 Å². The Labute approximate surface area is 146 Å². The number of aromatic amines is 1. The maximum Gasteiger partial charge on any atom is 0.234 e. The number of carbonyl (C=O) groups excluding carboxylic acids is 1. The van der Waals surface area contributed by atoms with Crippen molar-refractivity contribution in [1.29, 1.82) is 0 Å². The van der Waals surface area contributed by atoms with Crippen LogP contribution < -0.4 is 10.1 Å². The maximum atomic E-state index is 12.3. The maximum absolute atomic E-state index is 12.3. The van der Waals surface area contributed by atoms with E-state index in [1.165, 1.54) is 11.1 Å². The Morgan fingerprint density at radius 3 is 2.64 bits per heavy atom. The second-order valence-corrected chi connectivity index (χ2v) is 6.44. The lowest BCUT2D eigenvalue weighted by Gasteiger charge is -2.14. The normalized spacial score (nSPS) is 13.8. The third-order valence-electron chi connectivity index (χ3n) is 4.63. The van der Waals surface area contributed by atoms with Gasteiger partial charge in [0.15, 0.2) is 0 Å². The number of benzene rings is 2. The zero-order chi connectivity index (χ0) is 17.2. The molecule has 2 N–H and O–H groups in total. The van der Waals surface area contributed by atoms with Crippen LogP contribution in [-0.4, -0.2) is 29.4 Å². The number of rotatable bonds is 5. The molecule has 25 heavy (non-hydrogen) atoms. The van der Waals surface area contributed by atoms with Crippen molar-refractivity contribution in [3.63, 3.8) is 0 Å². The fourth-order valence-electron chi connectivity index (χ4n) is 3.36. The number of hydrogen-bond donors (Lipinski definition) is 2. The lowest BCUT2D eigenvalue weighted by atomic mass is 10.1. The van der Waals surface area contributed by atoms with Gasteiger partial charge in [-0.2, -0.15) is 0 Å². The average Bonchev–Trinajstić information content (AvgIpc) is 3.21. The smallest absolute Gasteiger partial charge is 0.234 e. The van der Waals surface area contributed by atoms with Gasteiger partial charge in [-0.1, -0.05) is 24.3 Å². The Kier molecular flexibility index (Phi) is 4.15. The number of ether oxygens (including phenoxy) is 1. The molecule has 3 aromatic rings. The van der Waals surface area contributed by atoms with Crippen LogP contribution >= 0.6 is 0 Å². The quantitative estimate of drug-likeness (QED) is 0.754. The molecule has 5 heteroatoms.